The summed E-state index contributed by atoms with van der Waals surface area (Å²) in [5.74, 6) is 0.769. The fourth-order valence-corrected chi connectivity index (χ4v) is 4.14. The highest BCUT2D eigenvalue weighted by Crippen LogP contribution is 2.24. The summed E-state index contributed by atoms with van der Waals surface area (Å²) in [6.45, 7) is 6.05. The van der Waals surface area contributed by atoms with E-state index in [9.17, 15) is 10.1 Å². The Bertz CT molecular complexity index is 1400. The van der Waals surface area contributed by atoms with Gasteiger partial charge in [0.1, 0.15) is 12.1 Å². The van der Waals surface area contributed by atoms with Gasteiger partial charge in [-0.2, -0.15) is 5.26 Å². The van der Waals surface area contributed by atoms with Crippen LogP contribution >= 0.6 is 0 Å². The Morgan fingerprint density at radius 2 is 1.71 bits per heavy atom. The Morgan fingerprint density at radius 1 is 1.00 bits per heavy atom. The quantitative estimate of drug-likeness (QED) is 0.317. The highest BCUT2D eigenvalue weighted by atomic mass is 16.5. The molecule has 0 amide bonds. The van der Waals surface area contributed by atoms with Crippen LogP contribution in [0.1, 0.15) is 49.6 Å². The third kappa shape index (κ3) is 5.50. The highest BCUT2D eigenvalue weighted by molar-refractivity contribution is 5.70. The lowest BCUT2D eigenvalue weighted by Crippen LogP contribution is -2.25. The first kappa shape index (κ1) is 24.0. The van der Waals surface area contributed by atoms with Gasteiger partial charge in [0.2, 0.25) is 0 Å². The molecule has 1 heterocycles. The lowest BCUT2D eigenvalue weighted by molar-refractivity contribution is 0.242. The van der Waals surface area contributed by atoms with Crippen LogP contribution in [0.25, 0.3) is 16.8 Å². The number of hydrogen-bond acceptors (Lipinski definition) is 4. The number of hydrogen-bond donors (Lipinski definition) is 0. The van der Waals surface area contributed by atoms with Gasteiger partial charge in [-0.25, -0.2) is 4.98 Å². The molecule has 0 unspecified atom stereocenters. The number of aromatic nitrogens is 2. The summed E-state index contributed by atoms with van der Waals surface area (Å²) in [6.07, 6.45) is 3.87. The van der Waals surface area contributed by atoms with Gasteiger partial charge in [-0.15, -0.1) is 0 Å². The Hall–Kier alpha value is -4.17. The first-order valence-electron chi connectivity index (χ1n) is 11.9. The van der Waals surface area contributed by atoms with E-state index in [1.165, 1.54) is 0 Å². The maximum absolute atomic E-state index is 13.6. The second kappa shape index (κ2) is 10.8. The van der Waals surface area contributed by atoms with Gasteiger partial charge in [-0.3, -0.25) is 9.36 Å². The van der Waals surface area contributed by atoms with E-state index < -0.39 is 0 Å². The van der Waals surface area contributed by atoms with Crippen molar-refractivity contribution in [3.05, 3.63) is 112 Å². The molecule has 0 aliphatic heterocycles. The number of aryl methyl sites for hydroxylation is 1. The second-order valence-corrected chi connectivity index (χ2v) is 8.79. The summed E-state index contributed by atoms with van der Waals surface area (Å²) in [5.41, 5.74) is 5.80. The number of nitrogens with zero attached hydrogens (tertiary/aromatic N) is 3. The van der Waals surface area contributed by atoms with Crippen LogP contribution < -0.4 is 10.3 Å². The van der Waals surface area contributed by atoms with Crippen molar-refractivity contribution < 1.29 is 4.74 Å². The molecule has 35 heavy (non-hydrogen) atoms. The van der Waals surface area contributed by atoms with E-state index in [1.54, 1.807) is 10.9 Å². The van der Waals surface area contributed by atoms with Crippen LogP contribution in [-0.4, -0.2) is 15.7 Å². The summed E-state index contributed by atoms with van der Waals surface area (Å²) >= 11 is 0. The van der Waals surface area contributed by atoms with Gasteiger partial charge in [0.25, 0.3) is 5.56 Å². The Kier molecular flexibility index (Phi) is 7.42. The van der Waals surface area contributed by atoms with E-state index in [0.29, 0.717) is 17.5 Å². The molecule has 5 heteroatoms. The average molecular weight is 464 g/mol. The molecule has 1 aromatic heterocycles. The summed E-state index contributed by atoms with van der Waals surface area (Å²) < 4.78 is 7.33. The van der Waals surface area contributed by atoms with Crippen molar-refractivity contribution in [2.75, 3.05) is 0 Å². The molecule has 0 aliphatic carbocycles. The molecule has 5 nitrogen and oxygen atoms in total. The molecule has 0 saturated heterocycles. The topological polar surface area (TPSA) is 67.9 Å². The van der Waals surface area contributed by atoms with Crippen LogP contribution in [0.2, 0.25) is 0 Å². The van der Waals surface area contributed by atoms with Gasteiger partial charge in [-0.05, 0) is 67.3 Å². The molecule has 0 spiro atoms. The minimum absolute atomic E-state index is 0.0557. The first-order valence-corrected chi connectivity index (χ1v) is 11.9. The second-order valence-electron chi connectivity index (χ2n) is 8.79. The van der Waals surface area contributed by atoms with Crippen LogP contribution in [0.3, 0.4) is 0 Å². The molecule has 0 bridgehead atoms. The number of ether oxygens (including phenoxy) is 1. The largest absolute Gasteiger partial charge is 0.491 e. The monoisotopic (exact) mass is 463 g/mol. The van der Waals surface area contributed by atoms with Gasteiger partial charge in [0.05, 0.1) is 29.1 Å². The lowest BCUT2D eigenvalue weighted by Gasteiger charge is -2.14. The van der Waals surface area contributed by atoms with Crippen LogP contribution in [0.15, 0.2) is 83.9 Å². The molecule has 0 fully saturated rings. The average Bonchev–Trinajstić information content (AvgIpc) is 2.87. The van der Waals surface area contributed by atoms with Crippen LogP contribution in [-0.2, 0) is 12.8 Å². The standard InChI is InChI=1S/C30H29N3O2/c1-4-7-29-28(18-22-10-12-23(13-11-22)27-9-6-5-8-24(27)19-31)30(34)33(20-32-29)25-14-16-26(17-15-25)35-21(2)3/h5-6,8-17,20-21H,4,7,18H2,1-3H3. The summed E-state index contributed by atoms with van der Waals surface area (Å²) in [4.78, 5) is 18.2. The molecule has 0 radical (unpaired) electrons. The van der Waals surface area contributed by atoms with Crippen LogP contribution in [0.5, 0.6) is 5.75 Å². The smallest absolute Gasteiger partial charge is 0.261 e. The Morgan fingerprint density at radius 3 is 2.37 bits per heavy atom. The molecular formula is C30H29N3O2. The van der Waals surface area contributed by atoms with Crippen molar-refractivity contribution >= 4 is 0 Å². The molecule has 3 aromatic carbocycles. The van der Waals surface area contributed by atoms with Crippen molar-refractivity contribution in [2.24, 2.45) is 0 Å². The molecule has 0 atom stereocenters. The Labute approximate surface area is 206 Å². The van der Waals surface area contributed by atoms with Crippen molar-refractivity contribution in [2.45, 2.75) is 46.1 Å². The van der Waals surface area contributed by atoms with Gasteiger partial charge < -0.3 is 4.74 Å². The fourth-order valence-electron chi connectivity index (χ4n) is 4.14. The maximum Gasteiger partial charge on any atom is 0.261 e. The SMILES string of the molecule is CCCc1ncn(-c2ccc(OC(C)C)cc2)c(=O)c1Cc1ccc(-c2ccccc2C#N)cc1. The summed E-state index contributed by atoms with van der Waals surface area (Å²) in [7, 11) is 0. The maximum atomic E-state index is 13.6. The number of rotatable bonds is 8. The van der Waals surface area contributed by atoms with E-state index in [0.717, 1.165) is 46.7 Å². The van der Waals surface area contributed by atoms with E-state index in [2.05, 4.69) is 18.0 Å². The van der Waals surface area contributed by atoms with Gasteiger partial charge >= 0.3 is 0 Å². The lowest BCUT2D eigenvalue weighted by atomic mass is 9.97. The van der Waals surface area contributed by atoms with E-state index in [-0.39, 0.29) is 11.7 Å². The summed E-state index contributed by atoms with van der Waals surface area (Å²) in [5, 5.41) is 9.41. The molecular weight excluding hydrogens is 434 g/mol. The van der Waals surface area contributed by atoms with Crippen molar-refractivity contribution in [3.8, 4) is 28.6 Å². The number of nitriles is 1. The van der Waals surface area contributed by atoms with E-state index in [4.69, 9.17) is 4.74 Å². The van der Waals surface area contributed by atoms with Gasteiger partial charge in [-0.1, -0.05) is 55.8 Å². The zero-order valence-electron chi connectivity index (χ0n) is 20.4. The third-order valence-electron chi connectivity index (χ3n) is 5.82. The normalized spacial score (nSPS) is 10.8. The Balaban J connectivity index is 1.66. The zero-order valence-corrected chi connectivity index (χ0v) is 20.4. The zero-order chi connectivity index (χ0) is 24.8. The number of benzene rings is 3. The molecule has 176 valence electrons. The first-order chi connectivity index (χ1) is 17.0. The predicted octanol–water partition coefficient (Wildman–Crippen LogP) is 6.10. The molecule has 0 saturated carbocycles. The summed E-state index contributed by atoms with van der Waals surface area (Å²) in [6, 6.07) is 25.4. The van der Waals surface area contributed by atoms with Gasteiger partial charge in [0, 0.05) is 12.0 Å². The van der Waals surface area contributed by atoms with Crippen LogP contribution in [0, 0.1) is 11.3 Å². The predicted molar refractivity (Wildman–Crippen MR) is 139 cm³/mol. The molecule has 0 N–H and O–H groups in total. The van der Waals surface area contributed by atoms with Gasteiger partial charge in [0.15, 0.2) is 0 Å². The van der Waals surface area contributed by atoms with Crippen molar-refractivity contribution in [1.29, 1.82) is 5.26 Å². The van der Waals surface area contributed by atoms with Crippen molar-refractivity contribution in [1.82, 2.24) is 9.55 Å². The molecule has 0 aliphatic rings. The van der Waals surface area contributed by atoms with E-state index in [1.807, 2.05) is 86.6 Å². The van der Waals surface area contributed by atoms with Crippen LogP contribution in [0.4, 0.5) is 0 Å². The minimum atomic E-state index is -0.0557. The highest BCUT2D eigenvalue weighted by Gasteiger charge is 2.14. The van der Waals surface area contributed by atoms with Crippen molar-refractivity contribution in [3.63, 3.8) is 0 Å². The molecule has 4 aromatic rings. The fraction of sp³-hybridized carbons (Fsp3) is 0.233. The minimum Gasteiger partial charge on any atom is -0.491 e. The molecule has 4 rings (SSSR count). The van der Waals surface area contributed by atoms with E-state index >= 15 is 0 Å². The third-order valence-corrected chi connectivity index (χ3v) is 5.82.